The number of hydrazone groups is 1. The summed E-state index contributed by atoms with van der Waals surface area (Å²) in [6, 6.07) is 13.4. The van der Waals surface area contributed by atoms with Crippen LogP contribution >= 0.6 is 0 Å². The van der Waals surface area contributed by atoms with Crippen molar-refractivity contribution >= 4 is 16.2 Å². The van der Waals surface area contributed by atoms with Gasteiger partial charge in [0.2, 0.25) is 0 Å². The van der Waals surface area contributed by atoms with Crippen molar-refractivity contribution in [3.05, 3.63) is 59.7 Å². The van der Waals surface area contributed by atoms with Gasteiger partial charge in [-0.25, -0.2) is 4.83 Å². The average molecular weight is 445 g/mol. The second-order valence-electron chi connectivity index (χ2n) is 8.02. The van der Waals surface area contributed by atoms with Crippen LogP contribution in [0, 0.1) is 0 Å². The highest BCUT2D eigenvalue weighted by molar-refractivity contribution is 7.89. The molecule has 0 aromatic heterocycles. The number of sulfonamides is 1. The number of hydrogen-bond acceptors (Lipinski definition) is 4. The first-order valence-electron chi connectivity index (χ1n) is 11.4. The maximum absolute atomic E-state index is 12.4. The highest BCUT2D eigenvalue weighted by Crippen LogP contribution is 2.15. The van der Waals surface area contributed by atoms with E-state index in [9.17, 15) is 13.5 Å². The minimum atomic E-state index is -3.70. The summed E-state index contributed by atoms with van der Waals surface area (Å²) in [6.45, 7) is 2.25. The fraction of sp³-hybridized carbons (Fsp3) is 0.480. The molecule has 6 heteroatoms. The summed E-state index contributed by atoms with van der Waals surface area (Å²) in [5.74, 6) is 0.149. The Balaban J connectivity index is 1.67. The van der Waals surface area contributed by atoms with Gasteiger partial charge in [0.15, 0.2) is 0 Å². The van der Waals surface area contributed by atoms with Crippen molar-refractivity contribution in [2.45, 2.75) is 82.4 Å². The molecule has 0 saturated carbocycles. The van der Waals surface area contributed by atoms with Crippen LogP contribution in [0.4, 0.5) is 0 Å². The maximum atomic E-state index is 12.4. The van der Waals surface area contributed by atoms with Gasteiger partial charge in [-0.1, -0.05) is 76.8 Å². The SMILES string of the molecule is CCCCCCCCCCCCc1ccc(S(=O)(=O)NN=Cc2ccc(O)cc2)cc1. The van der Waals surface area contributed by atoms with E-state index in [1.54, 1.807) is 24.3 Å². The third-order valence-electron chi connectivity index (χ3n) is 5.33. The zero-order chi connectivity index (χ0) is 22.4. The Hall–Kier alpha value is -2.34. The molecule has 2 rings (SSSR count). The van der Waals surface area contributed by atoms with Crippen molar-refractivity contribution in [1.29, 1.82) is 0 Å². The topological polar surface area (TPSA) is 78.8 Å². The summed E-state index contributed by atoms with van der Waals surface area (Å²) >= 11 is 0. The maximum Gasteiger partial charge on any atom is 0.276 e. The van der Waals surface area contributed by atoms with Crippen LogP contribution in [0.25, 0.3) is 0 Å². The molecule has 0 radical (unpaired) electrons. The Morgan fingerprint density at radius 1 is 0.806 bits per heavy atom. The first kappa shape index (κ1) is 24.9. The second kappa shape index (κ2) is 13.9. The average Bonchev–Trinajstić information content (AvgIpc) is 2.77. The predicted octanol–water partition coefficient (Wildman–Crippen LogP) is 6.17. The minimum Gasteiger partial charge on any atom is -0.508 e. The van der Waals surface area contributed by atoms with E-state index in [0.717, 1.165) is 18.4 Å². The molecule has 0 heterocycles. The number of phenolic OH excluding ortho intramolecular Hbond substituents is 1. The smallest absolute Gasteiger partial charge is 0.276 e. The molecule has 5 nitrogen and oxygen atoms in total. The molecule has 2 aromatic carbocycles. The molecule has 0 atom stereocenters. The van der Waals surface area contributed by atoms with Crippen molar-refractivity contribution in [2.75, 3.05) is 0 Å². The monoisotopic (exact) mass is 444 g/mol. The molecule has 0 fully saturated rings. The summed E-state index contributed by atoms with van der Waals surface area (Å²) in [7, 11) is -3.70. The molecule has 2 aromatic rings. The van der Waals surface area contributed by atoms with Gasteiger partial charge in [-0.15, -0.1) is 0 Å². The van der Waals surface area contributed by atoms with Crippen LogP contribution in [0.3, 0.4) is 0 Å². The Kier molecular flexibility index (Phi) is 11.1. The van der Waals surface area contributed by atoms with Gasteiger partial charge in [0.05, 0.1) is 11.1 Å². The number of phenols is 1. The lowest BCUT2D eigenvalue weighted by Gasteiger charge is -2.06. The van der Waals surface area contributed by atoms with Gasteiger partial charge in [-0.3, -0.25) is 0 Å². The molecule has 0 saturated heterocycles. The second-order valence-corrected chi connectivity index (χ2v) is 9.68. The number of hydrogen-bond donors (Lipinski definition) is 2. The van der Waals surface area contributed by atoms with Crippen LogP contribution in [-0.4, -0.2) is 19.7 Å². The van der Waals surface area contributed by atoms with Gasteiger partial charge in [-0.2, -0.15) is 13.5 Å². The molecule has 31 heavy (non-hydrogen) atoms. The van der Waals surface area contributed by atoms with Crippen LogP contribution in [0.2, 0.25) is 0 Å². The normalized spacial score (nSPS) is 11.8. The van der Waals surface area contributed by atoms with E-state index >= 15 is 0 Å². The number of unbranched alkanes of at least 4 members (excludes halogenated alkanes) is 9. The number of aryl methyl sites for hydroxylation is 1. The molecule has 0 unspecified atom stereocenters. The van der Waals surface area contributed by atoms with Gasteiger partial charge in [-0.05, 0) is 60.4 Å². The number of aromatic hydroxyl groups is 1. The number of rotatable bonds is 15. The van der Waals surface area contributed by atoms with Crippen LogP contribution in [0.5, 0.6) is 5.75 Å². The Morgan fingerprint density at radius 3 is 1.94 bits per heavy atom. The first-order chi connectivity index (χ1) is 15.0. The van der Waals surface area contributed by atoms with E-state index < -0.39 is 10.0 Å². The van der Waals surface area contributed by atoms with Crippen LogP contribution in [0.1, 0.15) is 82.3 Å². The van der Waals surface area contributed by atoms with Crippen LogP contribution in [0.15, 0.2) is 58.5 Å². The fourth-order valence-electron chi connectivity index (χ4n) is 3.44. The third kappa shape index (κ3) is 10.0. The van der Waals surface area contributed by atoms with Crippen molar-refractivity contribution in [2.24, 2.45) is 5.10 Å². The minimum absolute atomic E-state index is 0.149. The van der Waals surface area contributed by atoms with Crippen LogP contribution < -0.4 is 4.83 Å². The van der Waals surface area contributed by atoms with E-state index in [1.807, 2.05) is 12.1 Å². The lowest BCUT2D eigenvalue weighted by atomic mass is 10.0. The van der Waals surface area contributed by atoms with E-state index in [0.29, 0.717) is 5.56 Å². The Morgan fingerprint density at radius 2 is 1.35 bits per heavy atom. The zero-order valence-electron chi connectivity index (χ0n) is 18.6. The van der Waals surface area contributed by atoms with E-state index in [1.165, 1.54) is 76.1 Å². The zero-order valence-corrected chi connectivity index (χ0v) is 19.4. The quantitative estimate of drug-likeness (QED) is 0.196. The summed E-state index contributed by atoms with van der Waals surface area (Å²) in [4.78, 5) is 2.42. The highest BCUT2D eigenvalue weighted by Gasteiger charge is 2.12. The van der Waals surface area contributed by atoms with Crippen LogP contribution in [-0.2, 0) is 16.4 Å². The first-order valence-corrected chi connectivity index (χ1v) is 12.9. The summed E-state index contributed by atoms with van der Waals surface area (Å²) in [6.07, 6.45) is 15.5. The lowest BCUT2D eigenvalue weighted by molar-refractivity contribution is 0.475. The van der Waals surface area contributed by atoms with Gasteiger partial charge >= 0.3 is 0 Å². The van der Waals surface area contributed by atoms with Gasteiger partial charge < -0.3 is 5.11 Å². The van der Waals surface area contributed by atoms with Gasteiger partial charge in [0.1, 0.15) is 5.75 Å². The molecular formula is C25H36N2O3S. The number of nitrogens with one attached hydrogen (secondary N) is 1. The predicted molar refractivity (Wildman–Crippen MR) is 128 cm³/mol. The van der Waals surface area contributed by atoms with E-state index in [-0.39, 0.29) is 10.6 Å². The molecule has 0 spiro atoms. The number of nitrogens with zero attached hydrogens (tertiary/aromatic N) is 1. The largest absolute Gasteiger partial charge is 0.508 e. The summed E-state index contributed by atoms with van der Waals surface area (Å²) < 4.78 is 24.7. The Bertz CT molecular complexity index is 876. The standard InChI is InChI=1S/C25H36N2O3S/c1-2-3-4-5-6-7-8-9-10-11-12-22-15-19-25(20-16-22)31(29,30)27-26-21-23-13-17-24(28)18-14-23/h13-21,27-28H,2-12H2,1H3. The molecule has 0 amide bonds. The molecule has 0 aliphatic rings. The molecular weight excluding hydrogens is 408 g/mol. The lowest BCUT2D eigenvalue weighted by Crippen LogP contribution is -2.18. The summed E-state index contributed by atoms with van der Waals surface area (Å²) in [5, 5.41) is 13.1. The molecule has 0 aliphatic heterocycles. The third-order valence-corrected chi connectivity index (χ3v) is 6.57. The van der Waals surface area contributed by atoms with E-state index in [2.05, 4.69) is 16.9 Å². The van der Waals surface area contributed by atoms with E-state index in [4.69, 9.17) is 0 Å². The molecule has 0 bridgehead atoms. The molecule has 0 aliphatic carbocycles. The molecule has 170 valence electrons. The van der Waals surface area contributed by atoms with Gasteiger partial charge in [0.25, 0.3) is 10.0 Å². The van der Waals surface area contributed by atoms with Crippen molar-refractivity contribution in [1.82, 2.24) is 4.83 Å². The Labute approximate surface area is 187 Å². The van der Waals surface area contributed by atoms with Crippen molar-refractivity contribution < 1.29 is 13.5 Å². The van der Waals surface area contributed by atoms with Crippen molar-refractivity contribution in [3.63, 3.8) is 0 Å². The highest BCUT2D eigenvalue weighted by atomic mass is 32.2. The number of benzene rings is 2. The summed E-state index contributed by atoms with van der Waals surface area (Å²) in [5.41, 5.74) is 1.85. The molecule has 2 N–H and O–H groups in total. The van der Waals surface area contributed by atoms with Gasteiger partial charge in [0, 0.05) is 0 Å². The fourth-order valence-corrected chi connectivity index (χ4v) is 4.23. The van der Waals surface area contributed by atoms with Crippen molar-refractivity contribution in [3.8, 4) is 5.75 Å².